The molecule has 4 nitrogen and oxygen atoms in total. The Kier molecular flexibility index (Phi) is 3.25. The van der Waals surface area contributed by atoms with Crippen LogP contribution in [0.15, 0.2) is 18.2 Å². The van der Waals surface area contributed by atoms with Crippen molar-refractivity contribution in [1.29, 1.82) is 0 Å². The summed E-state index contributed by atoms with van der Waals surface area (Å²) in [7, 11) is 0. The van der Waals surface area contributed by atoms with Crippen molar-refractivity contribution in [3.05, 3.63) is 46.8 Å². The van der Waals surface area contributed by atoms with Crippen LogP contribution in [0.25, 0.3) is 11.4 Å². The lowest BCUT2D eigenvalue weighted by Gasteiger charge is -2.07. The molecular formula is C13H10F2N2O2. The first-order chi connectivity index (χ1) is 8.90. The molecule has 0 saturated carbocycles. The maximum Gasteiger partial charge on any atom is 0.339 e. The standard InChI is InChI=1S/C13H10F2N2O2/c1-6-11(13(18)19)7(2)17-12(16-6)8-3-4-9(14)10(15)5-8/h3-5H,1-2H3,(H,18,19). The number of aryl methyl sites for hydroxylation is 2. The molecule has 0 atom stereocenters. The van der Waals surface area contributed by atoms with E-state index in [0.717, 1.165) is 12.1 Å². The topological polar surface area (TPSA) is 63.1 Å². The molecule has 19 heavy (non-hydrogen) atoms. The molecule has 0 unspecified atom stereocenters. The molecule has 6 heteroatoms. The molecule has 2 rings (SSSR count). The van der Waals surface area contributed by atoms with Crippen LogP contribution in [0.2, 0.25) is 0 Å². The molecule has 1 aromatic carbocycles. The Morgan fingerprint density at radius 3 is 2.16 bits per heavy atom. The van der Waals surface area contributed by atoms with Crippen molar-refractivity contribution < 1.29 is 18.7 Å². The first-order valence-electron chi connectivity index (χ1n) is 5.44. The molecule has 1 N–H and O–H groups in total. The van der Waals surface area contributed by atoms with Crippen LogP contribution in [0.4, 0.5) is 8.78 Å². The van der Waals surface area contributed by atoms with E-state index in [4.69, 9.17) is 5.11 Å². The van der Waals surface area contributed by atoms with E-state index < -0.39 is 17.6 Å². The van der Waals surface area contributed by atoms with Crippen LogP contribution < -0.4 is 0 Å². The highest BCUT2D eigenvalue weighted by Crippen LogP contribution is 2.20. The maximum atomic E-state index is 13.1. The van der Waals surface area contributed by atoms with Gasteiger partial charge in [-0.25, -0.2) is 23.5 Å². The van der Waals surface area contributed by atoms with Crippen molar-refractivity contribution in [2.75, 3.05) is 0 Å². The molecule has 0 radical (unpaired) electrons. The molecule has 0 fully saturated rings. The summed E-state index contributed by atoms with van der Waals surface area (Å²) in [6, 6.07) is 3.29. The largest absolute Gasteiger partial charge is 0.478 e. The molecule has 1 aromatic heterocycles. The molecule has 0 aliphatic carbocycles. The van der Waals surface area contributed by atoms with Gasteiger partial charge in [0.05, 0.1) is 11.4 Å². The van der Waals surface area contributed by atoms with E-state index in [1.54, 1.807) is 0 Å². The fourth-order valence-corrected chi connectivity index (χ4v) is 1.79. The van der Waals surface area contributed by atoms with Crippen LogP contribution in [0, 0.1) is 25.5 Å². The summed E-state index contributed by atoms with van der Waals surface area (Å²) >= 11 is 0. The van der Waals surface area contributed by atoms with Crippen LogP contribution in [-0.4, -0.2) is 21.0 Å². The highest BCUT2D eigenvalue weighted by molar-refractivity contribution is 5.90. The SMILES string of the molecule is Cc1nc(-c2ccc(F)c(F)c2)nc(C)c1C(=O)O. The number of hydrogen-bond acceptors (Lipinski definition) is 3. The molecule has 98 valence electrons. The third-order valence-corrected chi connectivity index (χ3v) is 2.66. The average molecular weight is 264 g/mol. The second-order valence-corrected chi connectivity index (χ2v) is 4.03. The van der Waals surface area contributed by atoms with E-state index in [0.29, 0.717) is 5.56 Å². The second kappa shape index (κ2) is 4.72. The summed E-state index contributed by atoms with van der Waals surface area (Å²) in [5.41, 5.74) is 0.868. The number of carboxylic acid groups (broad SMARTS) is 1. The number of halogens is 2. The fraction of sp³-hybridized carbons (Fsp3) is 0.154. The van der Waals surface area contributed by atoms with Crippen LogP contribution in [0.1, 0.15) is 21.7 Å². The van der Waals surface area contributed by atoms with Gasteiger partial charge in [0.25, 0.3) is 0 Å². The molecule has 0 amide bonds. The van der Waals surface area contributed by atoms with Gasteiger partial charge in [0.2, 0.25) is 0 Å². The Labute approximate surface area is 107 Å². The minimum absolute atomic E-state index is 0.0198. The summed E-state index contributed by atoms with van der Waals surface area (Å²) in [4.78, 5) is 19.0. The minimum atomic E-state index is -1.12. The van der Waals surface area contributed by atoms with Gasteiger partial charge in [0.1, 0.15) is 5.56 Å². The van der Waals surface area contributed by atoms with Gasteiger partial charge in [0.15, 0.2) is 17.5 Å². The van der Waals surface area contributed by atoms with Gasteiger partial charge in [-0.1, -0.05) is 0 Å². The van der Waals surface area contributed by atoms with Crippen LogP contribution in [0.3, 0.4) is 0 Å². The van der Waals surface area contributed by atoms with Gasteiger partial charge >= 0.3 is 5.97 Å². The molecule has 0 saturated heterocycles. The quantitative estimate of drug-likeness (QED) is 0.905. The molecule has 1 heterocycles. The van der Waals surface area contributed by atoms with E-state index in [2.05, 4.69) is 9.97 Å². The predicted molar refractivity (Wildman–Crippen MR) is 63.8 cm³/mol. The predicted octanol–water partition coefficient (Wildman–Crippen LogP) is 2.74. The Bertz CT molecular complexity index is 649. The lowest BCUT2D eigenvalue weighted by Crippen LogP contribution is -2.08. The lowest BCUT2D eigenvalue weighted by atomic mass is 10.1. The molecule has 0 spiro atoms. The monoisotopic (exact) mass is 264 g/mol. The third kappa shape index (κ3) is 2.42. The molecular weight excluding hydrogens is 254 g/mol. The van der Waals surface area contributed by atoms with Gasteiger partial charge in [-0.15, -0.1) is 0 Å². The van der Waals surface area contributed by atoms with E-state index in [1.165, 1.54) is 19.9 Å². The van der Waals surface area contributed by atoms with Crippen molar-refractivity contribution in [2.45, 2.75) is 13.8 Å². The summed E-state index contributed by atoms with van der Waals surface area (Å²) in [5, 5.41) is 9.00. The summed E-state index contributed by atoms with van der Waals surface area (Å²) in [5.74, 6) is -2.91. The molecule has 0 aliphatic rings. The van der Waals surface area contributed by atoms with E-state index in [-0.39, 0.29) is 22.8 Å². The first-order valence-corrected chi connectivity index (χ1v) is 5.44. The zero-order chi connectivity index (χ0) is 14.2. The van der Waals surface area contributed by atoms with E-state index in [1.807, 2.05) is 0 Å². The Balaban J connectivity index is 2.58. The number of benzene rings is 1. The third-order valence-electron chi connectivity index (χ3n) is 2.66. The number of rotatable bonds is 2. The highest BCUT2D eigenvalue weighted by Gasteiger charge is 2.16. The number of aromatic nitrogens is 2. The smallest absolute Gasteiger partial charge is 0.339 e. The first kappa shape index (κ1) is 13.1. The Morgan fingerprint density at radius 2 is 1.68 bits per heavy atom. The Morgan fingerprint density at radius 1 is 1.11 bits per heavy atom. The normalized spacial score (nSPS) is 10.5. The summed E-state index contributed by atoms with van der Waals surface area (Å²) in [6.45, 7) is 3.06. The Hall–Kier alpha value is -2.37. The maximum absolute atomic E-state index is 13.1. The molecule has 2 aromatic rings. The van der Waals surface area contributed by atoms with Gasteiger partial charge in [0, 0.05) is 5.56 Å². The number of carboxylic acids is 1. The van der Waals surface area contributed by atoms with Crippen molar-refractivity contribution >= 4 is 5.97 Å². The van der Waals surface area contributed by atoms with Crippen LogP contribution >= 0.6 is 0 Å². The van der Waals surface area contributed by atoms with Crippen molar-refractivity contribution in [3.63, 3.8) is 0 Å². The van der Waals surface area contributed by atoms with E-state index >= 15 is 0 Å². The van der Waals surface area contributed by atoms with Gasteiger partial charge in [-0.2, -0.15) is 0 Å². The van der Waals surface area contributed by atoms with Gasteiger partial charge in [-0.05, 0) is 32.0 Å². The number of hydrogen-bond donors (Lipinski definition) is 1. The highest BCUT2D eigenvalue weighted by atomic mass is 19.2. The lowest BCUT2D eigenvalue weighted by molar-refractivity contribution is 0.0694. The number of carbonyl (C=O) groups is 1. The second-order valence-electron chi connectivity index (χ2n) is 4.03. The van der Waals surface area contributed by atoms with Gasteiger partial charge < -0.3 is 5.11 Å². The van der Waals surface area contributed by atoms with Crippen molar-refractivity contribution in [1.82, 2.24) is 9.97 Å². The van der Waals surface area contributed by atoms with Crippen LogP contribution in [-0.2, 0) is 0 Å². The van der Waals surface area contributed by atoms with Gasteiger partial charge in [-0.3, -0.25) is 0 Å². The molecule has 0 aliphatic heterocycles. The average Bonchev–Trinajstić information content (AvgIpc) is 2.31. The summed E-state index contributed by atoms with van der Waals surface area (Å²) in [6.07, 6.45) is 0. The summed E-state index contributed by atoms with van der Waals surface area (Å²) < 4.78 is 26.0. The number of aromatic carboxylic acids is 1. The van der Waals surface area contributed by atoms with Crippen molar-refractivity contribution in [2.24, 2.45) is 0 Å². The molecule has 0 bridgehead atoms. The van der Waals surface area contributed by atoms with E-state index in [9.17, 15) is 13.6 Å². The minimum Gasteiger partial charge on any atom is -0.478 e. The number of nitrogens with zero attached hydrogens (tertiary/aromatic N) is 2. The van der Waals surface area contributed by atoms with Crippen LogP contribution in [0.5, 0.6) is 0 Å². The van der Waals surface area contributed by atoms with Crippen molar-refractivity contribution in [3.8, 4) is 11.4 Å². The fourth-order valence-electron chi connectivity index (χ4n) is 1.79. The zero-order valence-corrected chi connectivity index (χ0v) is 10.2. The zero-order valence-electron chi connectivity index (χ0n) is 10.2.